The lowest BCUT2D eigenvalue weighted by Gasteiger charge is -2.10. The number of nitrogens with zero attached hydrogens (tertiary/aromatic N) is 2. The highest BCUT2D eigenvalue weighted by Gasteiger charge is 2.17. The predicted octanol–water partition coefficient (Wildman–Crippen LogP) is 4.33. The zero-order chi connectivity index (χ0) is 18.5. The third-order valence-corrected chi connectivity index (χ3v) is 4.10. The molecule has 27 heavy (non-hydrogen) atoms. The molecule has 1 heterocycles. The first-order valence-electron chi connectivity index (χ1n) is 8.66. The minimum Gasteiger partial charge on any atom is -0.486 e. The van der Waals surface area contributed by atoms with Crippen LogP contribution in [0.2, 0.25) is 0 Å². The number of carbonyl (C=O) groups is 1. The highest BCUT2D eigenvalue weighted by atomic mass is 16.5. The van der Waals surface area contributed by atoms with Gasteiger partial charge in [-0.15, -0.1) is 0 Å². The second-order valence-corrected chi connectivity index (χ2v) is 5.95. The van der Waals surface area contributed by atoms with Crippen LogP contribution in [-0.2, 0) is 6.61 Å². The van der Waals surface area contributed by atoms with E-state index in [9.17, 15) is 4.79 Å². The van der Waals surface area contributed by atoms with Crippen molar-refractivity contribution < 1.29 is 14.3 Å². The first-order chi connectivity index (χ1) is 13.3. The number of carbonyl (C=O) groups excluding carboxylic acids is 1. The maximum atomic E-state index is 12.9. The van der Waals surface area contributed by atoms with Gasteiger partial charge in [-0.25, -0.2) is 4.98 Å². The normalized spacial score (nSPS) is 10.7. The molecule has 0 aliphatic carbocycles. The average molecular weight is 358 g/mol. The van der Waals surface area contributed by atoms with E-state index < -0.39 is 0 Å². The summed E-state index contributed by atoms with van der Waals surface area (Å²) >= 11 is 0. The fourth-order valence-electron chi connectivity index (χ4n) is 2.84. The number of benzene rings is 3. The molecule has 0 saturated heterocycles. The number of rotatable bonds is 6. The van der Waals surface area contributed by atoms with Gasteiger partial charge >= 0.3 is 0 Å². The van der Waals surface area contributed by atoms with Crippen LogP contribution in [0.5, 0.6) is 11.5 Å². The van der Waals surface area contributed by atoms with Gasteiger partial charge in [-0.05, 0) is 36.4 Å². The van der Waals surface area contributed by atoms with Gasteiger partial charge in [-0.1, -0.05) is 48.5 Å². The minimum absolute atomic E-state index is 0.0807. The molecule has 5 nitrogen and oxygen atoms in total. The summed E-state index contributed by atoms with van der Waals surface area (Å²) in [4.78, 5) is 17.4. The van der Waals surface area contributed by atoms with Crippen LogP contribution in [0.1, 0.15) is 10.6 Å². The highest BCUT2D eigenvalue weighted by Crippen LogP contribution is 2.19. The molecule has 3 aromatic carbocycles. The summed E-state index contributed by atoms with van der Waals surface area (Å²) in [5, 5.41) is 0. The number of ether oxygens (including phenoxy) is 2. The monoisotopic (exact) mass is 358 g/mol. The number of hydrogen-bond donors (Lipinski definition) is 0. The number of fused-ring (bicyclic) bond motifs is 1. The molecule has 0 radical (unpaired) electrons. The summed E-state index contributed by atoms with van der Waals surface area (Å²) in [6, 6.07) is 26.3. The van der Waals surface area contributed by atoms with E-state index in [-0.39, 0.29) is 19.1 Å². The van der Waals surface area contributed by atoms with Crippen molar-refractivity contribution in [2.45, 2.75) is 6.61 Å². The van der Waals surface area contributed by atoms with Crippen LogP contribution < -0.4 is 9.47 Å². The Kier molecular flexibility index (Phi) is 4.83. The van der Waals surface area contributed by atoms with Gasteiger partial charge in [0.25, 0.3) is 5.91 Å². The fourth-order valence-corrected chi connectivity index (χ4v) is 2.84. The maximum Gasteiger partial charge on any atom is 0.270 e. The summed E-state index contributed by atoms with van der Waals surface area (Å²) in [5.74, 6) is 1.72. The van der Waals surface area contributed by atoms with Gasteiger partial charge in [0.1, 0.15) is 18.1 Å². The topological polar surface area (TPSA) is 53.4 Å². The largest absolute Gasteiger partial charge is 0.486 e. The standard InChI is InChI=1S/C22H18N2O3/c25-22(16-27-18-11-5-2-6-12-18)24-20-14-8-7-13-19(20)23-21(24)15-26-17-9-3-1-4-10-17/h1-14H,15-16H2. The van der Waals surface area contributed by atoms with Crippen molar-refractivity contribution in [3.8, 4) is 11.5 Å². The van der Waals surface area contributed by atoms with E-state index in [1.165, 1.54) is 0 Å². The lowest BCUT2D eigenvalue weighted by Crippen LogP contribution is -2.22. The Hall–Kier alpha value is -3.60. The smallest absolute Gasteiger partial charge is 0.270 e. The molecular formula is C22H18N2O3. The van der Waals surface area contributed by atoms with Gasteiger partial charge in [-0.3, -0.25) is 9.36 Å². The molecule has 5 heteroatoms. The molecule has 0 amide bonds. The molecule has 0 bridgehead atoms. The SMILES string of the molecule is O=C(COc1ccccc1)n1c(COc2ccccc2)nc2ccccc21. The Morgan fingerprint density at radius 1 is 0.778 bits per heavy atom. The van der Waals surface area contributed by atoms with Crippen molar-refractivity contribution in [1.29, 1.82) is 0 Å². The first-order valence-corrected chi connectivity index (χ1v) is 8.66. The van der Waals surface area contributed by atoms with Crippen LogP contribution in [0.3, 0.4) is 0 Å². The lowest BCUT2D eigenvalue weighted by molar-refractivity contribution is 0.0834. The Bertz CT molecular complexity index is 1040. The zero-order valence-electron chi connectivity index (χ0n) is 14.6. The van der Waals surface area contributed by atoms with Crippen molar-refractivity contribution >= 4 is 16.9 Å². The first kappa shape index (κ1) is 16.8. The lowest BCUT2D eigenvalue weighted by atomic mass is 10.3. The van der Waals surface area contributed by atoms with Crippen molar-refractivity contribution in [2.24, 2.45) is 0 Å². The van der Waals surface area contributed by atoms with Gasteiger partial charge < -0.3 is 9.47 Å². The zero-order valence-corrected chi connectivity index (χ0v) is 14.6. The molecule has 0 spiro atoms. The quantitative estimate of drug-likeness (QED) is 0.515. The van der Waals surface area contributed by atoms with Crippen LogP contribution in [0, 0.1) is 0 Å². The van der Waals surface area contributed by atoms with E-state index in [0.717, 1.165) is 16.8 Å². The van der Waals surface area contributed by atoms with E-state index in [1.807, 2.05) is 84.9 Å². The van der Waals surface area contributed by atoms with Crippen LogP contribution in [-0.4, -0.2) is 22.1 Å². The molecule has 0 aliphatic rings. The van der Waals surface area contributed by atoms with Crippen molar-refractivity contribution in [2.75, 3.05) is 6.61 Å². The minimum atomic E-state index is -0.195. The van der Waals surface area contributed by atoms with E-state index >= 15 is 0 Å². The molecule has 4 rings (SSSR count). The van der Waals surface area contributed by atoms with Gasteiger partial charge in [-0.2, -0.15) is 0 Å². The summed E-state index contributed by atoms with van der Waals surface area (Å²) in [5.41, 5.74) is 1.49. The van der Waals surface area contributed by atoms with Gasteiger partial charge in [0.15, 0.2) is 12.4 Å². The van der Waals surface area contributed by atoms with Crippen LogP contribution >= 0.6 is 0 Å². The number of para-hydroxylation sites is 4. The second kappa shape index (κ2) is 7.74. The molecular weight excluding hydrogens is 340 g/mol. The van der Waals surface area contributed by atoms with E-state index in [1.54, 1.807) is 4.57 Å². The number of hydrogen-bond acceptors (Lipinski definition) is 4. The highest BCUT2D eigenvalue weighted by molar-refractivity contribution is 5.91. The van der Waals surface area contributed by atoms with Crippen LogP contribution in [0.25, 0.3) is 11.0 Å². The molecule has 4 aromatic rings. The molecule has 0 unspecified atom stereocenters. The Morgan fingerprint density at radius 2 is 1.37 bits per heavy atom. The summed E-state index contributed by atoms with van der Waals surface area (Å²) < 4.78 is 13.0. The Morgan fingerprint density at radius 3 is 2.07 bits per heavy atom. The van der Waals surface area contributed by atoms with Crippen molar-refractivity contribution in [1.82, 2.24) is 9.55 Å². The Balaban J connectivity index is 1.58. The van der Waals surface area contributed by atoms with Crippen molar-refractivity contribution in [3.63, 3.8) is 0 Å². The van der Waals surface area contributed by atoms with Gasteiger partial charge in [0.05, 0.1) is 11.0 Å². The average Bonchev–Trinajstić information content (AvgIpc) is 3.10. The molecule has 0 saturated carbocycles. The van der Waals surface area contributed by atoms with Crippen LogP contribution in [0.15, 0.2) is 84.9 Å². The van der Waals surface area contributed by atoms with E-state index in [4.69, 9.17) is 9.47 Å². The molecule has 0 fully saturated rings. The third-order valence-electron chi connectivity index (χ3n) is 4.10. The molecule has 0 N–H and O–H groups in total. The Labute approximate surface area is 156 Å². The third kappa shape index (κ3) is 3.82. The summed E-state index contributed by atoms with van der Waals surface area (Å²) in [7, 11) is 0. The molecule has 134 valence electrons. The van der Waals surface area contributed by atoms with E-state index in [0.29, 0.717) is 11.6 Å². The second-order valence-electron chi connectivity index (χ2n) is 5.95. The number of aromatic nitrogens is 2. The molecule has 1 aromatic heterocycles. The fraction of sp³-hybridized carbons (Fsp3) is 0.0909. The summed E-state index contributed by atoms with van der Waals surface area (Å²) in [6.07, 6.45) is 0. The molecule has 0 atom stereocenters. The van der Waals surface area contributed by atoms with Crippen LogP contribution in [0.4, 0.5) is 0 Å². The van der Waals surface area contributed by atoms with Crippen molar-refractivity contribution in [3.05, 3.63) is 90.8 Å². The van der Waals surface area contributed by atoms with Gasteiger partial charge in [0, 0.05) is 0 Å². The maximum absolute atomic E-state index is 12.9. The summed E-state index contributed by atoms with van der Waals surface area (Å²) in [6.45, 7) is 0.110. The van der Waals surface area contributed by atoms with E-state index in [2.05, 4.69) is 4.98 Å². The molecule has 0 aliphatic heterocycles. The number of imidazole rings is 1. The predicted molar refractivity (Wildman–Crippen MR) is 103 cm³/mol. The van der Waals surface area contributed by atoms with Gasteiger partial charge in [0.2, 0.25) is 0 Å².